The number of aliphatic hydroxyl groups excluding tert-OH is 1. The molecule has 0 heterocycles. The fraction of sp³-hybridized carbons (Fsp3) is 0.565. The lowest BCUT2D eigenvalue weighted by atomic mass is 10.1. The summed E-state index contributed by atoms with van der Waals surface area (Å²) in [6, 6.07) is -1.01. The number of thioether (sulfide) groups is 1. The largest absolute Gasteiger partial charge is 0.481 e. The molecule has 3 atom stereocenters. The Morgan fingerprint density at radius 1 is 1.00 bits per heavy atom. The first-order valence-electron chi connectivity index (χ1n) is 10.5. The van der Waals surface area contributed by atoms with Crippen LogP contribution in [0.3, 0.4) is 0 Å². The van der Waals surface area contributed by atoms with Crippen LogP contribution in [0.4, 0.5) is 0 Å². The highest BCUT2D eigenvalue weighted by atomic mass is 32.2. The van der Waals surface area contributed by atoms with Gasteiger partial charge in [-0.25, -0.2) is 0 Å². The van der Waals surface area contributed by atoms with Crippen molar-refractivity contribution >= 4 is 23.7 Å². The molecule has 0 aliphatic rings. The Labute approximate surface area is 184 Å². The van der Waals surface area contributed by atoms with Crippen molar-refractivity contribution in [2.24, 2.45) is 5.73 Å². The van der Waals surface area contributed by atoms with Crippen LogP contribution in [0.15, 0.2) is 48.6 Å². The van der Waals surface area contributed by atoms with Crippen molar-refractivity contribution in [1.29, 1.82) is 0 Å². The quantitative estimate of drug-likeness (QED) is 0.143. The van der Waals surface area contributed by atoms with Gasteiger partial charge in [-0.1, -0.05) is 68.4 Å². The molecule has 0 aromatic carbocycles. The first-order chi connectivity index (χ1) is 14.4. The van der Waals surface area contributed by atoms with Gasteiger partial charge >= 0.3 is 11.9 Å². The van der Waals surface area contributed by atoms with Crippen LogP contribution in [0.5, 0.6) is 0 Å². The molecule has 170 valence electrons. The van der Waals surface area contributed by atoms with Gasteiger partial charge in [-0.05, 0) is 32.1 Å². The molecule has 0 saturated carbocycles. The van der Waals surface area contributed by atoms with E-state index < -0.39 is 24.1 Å². The lowest BCUT2D eigenvalue weighted by Crippen LogP contribution is -2.34. The van der Waals surface area contributed by atoms with Crippen LogP contribution in [-0.2, 0) is 9.59 Å². The smallest absolute Gasteiger partial charge is 0.321 e. The molecule has 0 unspecified atom stereocenters. The van der Waals surface area contributed by atoms with Gasteiger partial charge in [0.1, 0.15) is 6.04 Å². The number of allylic oxidation sites excluding steroid dienone is 7. The highest BCUT2D eigenvalue weighted by Gasteiger charge is 2.20. The van der Waals surface area contributed by atoms with Crippen LogP contribution < -0.4 is 5.73 Å². The minimum atomic E-state index is -1.09. The molecule has 0 spiro atoms. The normalized spacial score (nSPS) is 15.4. The predicted octanol–water partition coefficient (Wildman–Crippen LogP) is 4.31. The number of carboxylic acids is 2. The summed E-state index contributed by atoms with van der Waals surface area (Å²) >= 11 is 1.26. The molecule has 6 nitrogen and oxygen atoms in total. The van der Waals surface area contributed by atoms with Gasteiger partial charge in [-0.15, -0.1) is 11.8 Å². The highest BCUT2D eigenvalue weighted by Crippen LogP contribution is 2.21. The maximum absolute atomic E-state index is 10.9. The third kappa shape index (κ3) is 17.1. The van der Waals surface area contributed by atoms with Crippen molar-refractivity contribution < 1.29 is 24.9 Å². The SMILES string of the molecule is CCCCC/C=C\C\C=C/C=C\C=C/[C@H](SC[C@H](N)C(=O)O)[C@@H](O)CCCC(=O)O. The second-order valence-electron chi connectivity index (χ2n) is 7.00. The summed E-state index contributed by atoms with van der Waals surface area (Å²) in [4.78, 5) is 21.5. The van der Waals surface area contributed by atoms with E-state index in [-0.39, 0.29) is 17.4 Å². The van der Waals surface area contributed by atoms with Crippen molar-refractivity contribution in [3.8, 4) is 0 Å². The summed E-state index contributed by atoms with van der Waals surface area (Å²) in [7, 11) is 0. The Kier molecular flexibility index (Phi) is 18.0. The Balaban J connectivity index is 4.51. The van der Waals surface area contributed by atoms with Crippen molar-refractivity contribution in [3.05, 3.63) is 48.6 Å². The van der Waals surface area contributed by atoms with Gasteiger partial charge < -0.3 is 21.1 Å². The fourth-order valence-electron chi connectivity index (χ4n) is 2.47. The Bertz CT molecular complexity index is 586. The molecular formula is C23H37NO5S. The van der Waals surface area contributed by atoms with Crippen LogP contribution in [-0.4, -0.2) is 50.4 Å². The highest BCUT2D eigenvalue weighted by molar-refractivity contribution is 8.00. The van der Waals surface area contributed by atoms with Gasteiger partial charge in [0.2, 0.25) is 0 Å². The topological polar surface area (TPSA) is 121 Å². The maximum Gasteiger partial charge on any atom is 0.321 e. The number of nitrogens with two attached hydrogens (primary N) is 1. The molecule has 0 aromatic heterocycles. The van der Waals surface area contributed by atoms with Crippen molar-refractivity contribution in [2.45, 2.75) is 75.7 Å². The van der Waals surface area contributed by atoms with E-state index in [1.807, 2.05) is 18.2 Å². The van der Waals surface area contributed by atoms with E-state index in [0.717, 1.165) is 12.8 Å². The summed E-state index contributed by atoms with van der Waals surface area (Å²) in [5.41, 5.74) is 5.54. The average molecular weight is 440 g/mol. The summed E-state index contributed by atoms with van der Waals surface area (Å²) < 4.78 is 0. The summed E-state index contributed by atoms with van der Waals surface area (Å²) in [5.74, 6) is -1.83. The summed E-state index contributed by atoms with van der Waals surface area (Å²) in [5, 5.41) is 27.6. The zero-order valence-electron chi connectivity index (χ0n) is 17.9. The number of hydrogen-bond donors (Lipinski definition) is 4. The van der Waals surface area contributed by atoms with Crippen molar-refractivity contribution in [1.82, 2.24) is 0 Å². The monoisotopic (exact) mass is 439 g/mol. The third-order valence-electron chi connectivity index (χ3n) is 4.24. The number of carbonyl (C=O) groups is 2. The van der Waals surface area contributed by atoms with Gasteiger partial charge in [0.25, 0.3) is 0 Å². The number of aliphatic carboxylic acids is 2. The van der Waals surface area contributed by atoms with Gasteiger partial charge in [-0.2, -0.15) is 0 Å². The minimum absolute atomic E-state index is 0.00938. The van der Waals surface area contributed by atoms with Crippen LogP contribution in [0.25, 0.3) is 0 Å². The Hall–Kier alpha value is -1.83. The van der Waals surface area contributed by atoms with Gasteiger partial charge in [-0.3, -0.25) is 9.59 Å². The van der Waals surface area contributed by atoms with Crippen LogP contribution in [0, 0.1) is 0 Å². The molecule has 0 aliphatic heterocycles. The first kappa shape index (κ1) is 28.2. The zero-order valence-corrected chi connectivity index (χ0v) is 18.7. The molecule has 0 rings (SSSR count). The molecule has 5 N–H and O–H groups in total. The molecule has 0 radical (unpaired) electrons. The molecular weight excluding hydrogens is 402 g/mol. The average Bonchev–Trinajstić information content (AvgIpc) is 2.70. The predicted molar refractivity (Wildman–Crippen MR) is 125 cm³/mol. The first-order valence-corrected chi connectivity index (χ1v) is 11.6. The minimum Gasteiger partial charge on any atom is -0.481 e. The zero-order chi connectivity index (χ0) is 22.6. The molecule has 0 saturated heterocycles. The van der Waals surface area contributed by atoms with E-state index in [1.54, 1.807) is 12.2 Å². The van der Waals surface area contributed by atoms with E-state index >= 15 is 0 Å². The maximum atomic E-state index is 10.9. The van der Waals surface area contributed by atoms with E-state index in [2.05, 4.69) is 25.2 Å². The van der Waals surface area contributed by atoms with Gasteiger partial charge in [0.15, 0.2) is 0 Å². The van der Waals surface area contributed by atoms with Crippen LogP contribution in [0.1, 0.15) is 58.3 Å². The van der Waals surface area contributed by atoms with Crippen LogP contribution >= 0.6 is 11.8 Å². The number of carboxylic acid groups (broad SMARTS) is 2. The van der Waals surface area contributed by atoms with E-state index in [1.165, 1.54) is 31.0 Å². The molecule has 0 fully saturated rings. The Morgan fingerprint density at radius 3 is 2.40 bits per heavy atom. The third-order valence-corrected chi connectivity index (χ3v) is 5.65. The molecule has 0 bridgehead atoms. The lowest BCUT2D eigenvalue weighted by molar-refractivity contribution is -0.138. The molecule has 30 heavy (non-hydrogen) atoms. The van der Waals surface area contributed by atoms with E-state index in [4.69, 9.17) is 15.9 Å². The second-order valence-corrected chi connectivity index (χ2v) is 8.21. The lowest BCUT2D eigenvalue weighted by Gasteiger charge is -2.20. The molecule has 7 heteroatoms. The number of unbranched alkanes of at least 4 members (excludes halogenated alkanes) is 3. The van der Waals surface area contributed by atoms with Crippen molar-refractivity contribution in [3.63, 3.8) is 0 Å². The van der Waals surface area contributed by atoms with Crippen LogP contribution in [0.2, 0.25) is 0 Å². The summed E-state index contributed by atoms with van der Waals surface area (Å²) in [6.45, 7) is 2.19. The number of aliphatic hydroxyl groups is 1. The Morgan fingerprint density at radius 2 is 1.73 bits per heavy atom. The van der Waals surface area contributed by atoms with Crippen molar-refractivity contribution in [2.75, 3.05) is 5.75 Å². The molecule has 0 amide bonds. The van der Waals surface area contributed by atoms with E-state index in [9.17, 15) is 14.7 Å². The van der Waals surface area contributed by atoms with Gasteiger partial charge in [0, 0.05) is 17.4 Å². The fourth-order valence-corrected chi connectivity index (χ4v) is 3.60. The second kappa shape index (κ2) is 19.2. The number of hydrogen-bond acceptors (Lipinski definition) is 5. The van der Waals surface area contributed by atoms with Gasteiger partial charge in [0.05, 0.1) is 6.10 Å². The molecule has 0 aromatic rings. The standard InChI is InChI=1S/C23H37NO5S/c1-2-3-4-5-6-7-8-9-10-11-12-13-16-21(30-18-19(24)23(28)29)20(25)15-14-17-22(26)27/h6-7,9-13,16,19-21,25H,2-5,8,14-15,17-18,24H2,1H3,(H,26,27)(H,28,29)/b7-6-,10-9-,12-11-,16-13-/t19-,20-,21-/m0/s1. The van der Waals surface area contributed by atoms with E-state index in [0.29, 0.717) is 12.8 Å². The number of rotatable bonds is 18. The molecule has 0 aliphatic carbocycles. The summed E-state index contributed by atoms with van der Waals surface area (Å²) in [6.07, 6.45) is 21.3.